The highest BCUT2D eigenvalue weighted by Gasteiger charge is 2.08. The van der Waals surface area contributed by atoms with Gasteiger partial charge in [-0.05, 0) is 29.7 Å². The second-order valence-corrected chi connectivity index (χ2v) is 4.22. The minimum Gasteiger partial charge on any atom is -0.478 e. The van der Waals surface area contributed by atoms with Crippen LogP contribution in [0.15, 0.2) is 54.6 Å². The van der Waals surface area contributed by atoms with Gasteiger partial charge < -0.3 is 10.8 Å². The van der Waals surface area contributed by atoms with Gasteiger partial charge >= 0.3 is 5.97 Å². The van der Waals surface area contributed by atoms with Crippen LogP contribution in [0.5, 0.6) is 0 Å². The molecule has 0 fully saturated rings. The van der Waals surface area contributed by atoms with Crippen LogP contribution in [0.4, 0.5) is 0 Å². The summed E-state index contributed by atoms with van der Waals surface area (Å²) in [4.78, 5) is 10.7. The molecule has 2 rings (SSSR count). The number of hydrogen-bond acceptors (Lipinski definition) is 2. The third kappa shape index (κ3) is 2.96. The molecule has 18 heavy (non-hydrogen) atoms. The Labute approximate surface area is 106 Å². The molecule has 1 unspecified atom stereocenters. The van der Waals surface area contributed by atoms with E-state index in [-0.39, 0.29) is 11.6 Å². The summed E-state index contributed by atoms with van der Waals surface area (Å²) in [7, 11) is 0. The summed E-state index contributed by atoms with van der Waals surface area (Å²) >= 11 is 0. The van der Waals surface area contributed by atoms with Crippen molar-refractivity contribution in [1.29, 1.82) is 0 Å². The number of hydrogen-bond donors (Lipinski definition) is 2. The topological polar surface area (TPSA) is 63.3 Å². The van der Waals surface area contributed by atoms with Gasteiger partial charge in [0.15, 0.2) is 0 Å². The molecule has 92 valence electrons. The monoisotopic (exact) mass is 241 g/mol. The summed E-state index contributed by atoms with van der Waals surface area (Å²) in [5.74, 6) is -0.918. The highest BCUT2D eigenvalue weighted by molar-refractivity contribution is 5.87. The van der Waals surface area contributed by atoms with Gasteiger partial charge in [0.1, 0.15) is 0 Å². The van der Waals surface area contributed by atoms with Crippen molar-refractivity contribution in [1.82, 2.24) is 0 Å². The van der Waals surface area contributed by atoms with E-state index in [4.69, 9.17) is 10.8 Å². The molecule has 2 aromatic rings. The van der Waals surface area contributed by atoms with Gasteiger partial charge in [0, 0.05) is 6.04 Å². The quantitative estimate of drug-likeness (QED) is 0.864. The van der Waals surface area contributed by atoms with Crippen LogP contribution >= 0.6 is 0 Å². The number of carboxylic acids is 1. The van der Waals surface area contributed by atoms with Gasteiger partial charge in [-0.1, -0.05) is 42.5 Å². The minimum atomic E-state index is -0.918. The molecule has 0 aliphatic rings. The van der Waals surface area contributed by atoms with Crippen molar-refractivity contribution in [2.75, 3.05) is 0 Å². The molecule has 0 saturated carbocycles. The van der Waals surface area contributed by atoms with E-state index in [1.165, 1.54) is 5.56 Å². The molecule has 0 bridgehead atoms. The van der Waals surface area contributed by atoms with E-state index in [0.717, 1.165) is 12.0 Å². The van der Waals surface area contributed by atoms with Crippen molar-refractivity contribution in [2.24, 2.45) is 5.73 Å². The lowest BCUT2D eigenvalue weighted by atomic mass is 9.99. The van der Waals surface area contributed by atoms with E-state index in [1.807, 2.05) is 30.3 Å². The van der Waals surface area contributed by atoms with Crippen LogP contribution < -0.4 is 5.73 Å². The van der Waals surface area contributed by atoms with Gasteiger partial charge in [0.05, 0.1) is 5.56 Å². The standard InChI is InChI=1S/C15H15NO2/c16-14(10-11-4-2-1-3-5-11)12-6-8-13(9-7-12)15(17)18/h1-9,14H,10,16H2,(H,17,18). The average molecular weight is 241 g/mol. The lowest BCUT2D eigenvalue weighted by Crippen LogP contribution is -2.13. The maximum absolute atomic E-state index is 10.7. The summed E-state index contributed by atoms with van der Waals surface area (Å²) in [5.41, 5.74) is 8.51. The molecule has 0 heterocycles. The Hall–Kier alpha value is -2.13. The number of aromatic carboxylic acids is 1. The van der Waals surface area contributed by atoms with Crippen molar-refractivity contribution in [3.63, 3.8) is 0 Å². The van der Waals surface area contributed by atoms with Crippen molar-refractivity contribution in [3.05, 3.63) is 71.3 Å². The Morgan fingerprint density at radius 2 is 1.67 bits per heavy atom. The molecule has 3 N–H and O–H groups in total. The summed E-state index contributed by atoms with van der Waals surface area (Å²) in [6.45, 7) is 0. The highest BCUT2D eigenvalue weighted by Crippen LogP contribution is 2.16. The Balaban J connectivity index is 2.09. The maximum atomic E-state index is 10.7. The van der Waals surface area contributed by atoms with Gasteiger partial charge in [0.2, 0.25) is 0 Å². The fourth-order valence-corrected chi connectivity index (χ4v) is 1.86. The van der Waals surface area contributed by atoms with E-state index in [0.29, 0.717) is 0 Å². The SMILES string of the molecule is NC(Cc1ccccc1)c1ccc(C(=O)O)cc1. The van der Waals surface area contributed by atoms with Crippen LogP contribution in [0.25, 0.3) is 0 Å². The summed E-state index contributed by atoms with van der Waals surface area (Å²) < 4.78 is 0. The van der Waals surface area contributed by atoms with Crippen molar-refractivity contribution >= 4 is 5.97 Å². The first-order valence-electron chi connectivity index (χ1n) is 5.79. The number of nitrogens with two attached hydrogens (primary N) is 1. The molecular weight excluding hydrogens is 226 g/mol. The van der Waals surface area contributed by atoms with Crippen LogP contribution in [-0.4, -0.2) is 11.1 Å². The molecule has 0 radical (unpaired) electrons. The van der Waals surface area contributed by atoms with E-state index in [9.17, 15) is 4.79 Å². The zero-order chi connectivity index (χ0) is 13.0. The number of rotatable bonds is 4. The predicted octanol–water partition coefficient (Wildman–Crippen LogP) is 2.63. The van der Waals surface area contributed by atoms with Gasteiger partial charge in [-0.25, -0.2) is 4.79 Å². The van der Waals surface area contributed by atoms with Crippen LogP contribution in [0.1, 0.15) is 27.5 Å². The van der Waals surface area contributed by atoms with Gasteiger partial charge in [-0.2, -0.15) is 0 Å². The molecule has 0 amide bonds. The zero-order valence-corrected chi connectivity index (χ0v) is 9.91. The second-order valence-electron chi connectivity index (χ2n) is 4.22. The van der Waals surface area contributed by atoms with Crippen LogP contribution in [-0.2, 0) is 6.42 Å². The van der Waals surface area contributed by atoms with Crippen LogP contribution in [0.2, 0.25) is 0 Å². The second kappa shape index (κ2) is 5.47. The van der Waals surface area contributed by atoms with E-state index in [1.54, 1.807) is 24.3 Å². The third-order valence-corrected chi connectivity index (χ3v) is 2.88. The minimum absolute atomic E-state index is 0.116. The number of carboxylic acid groups (broad SMARTS) is 1. The van der Waals surface area contributed by atoms with Gasteiger partial charge in [-0.15, -0.1) is 0 Å². The summed E-state index contributed by atoms with van der Waals surface area (Å²) in [5, 5.41) is 8.82. The Morgan fingerprint density at radius 3 is 2.22 bits per heavy atom. The van der Waals surface area contributed by atoms with Crippen molar-refractivity contribution < 1.29 is 9.90 Å². The molecule has 3 nitrogen and oxygen atoms in total. The predicted molar refractivity (Wildman–Crippen MR) is 70.5 cm³/mol. The summed E-state index contributed by atoms with van der Waals surface area (Å²) in [6, 6.07) is 16.6. The van der Waals surface area contributed by atoms with Gasteiger partial charge in [-0.3, -0.25) is 0 Å². The molecule has 0 aliphatic heterocycles. The molecule has 0 aliphatic carbocycles. The van der Waals surface area contributed by atoms with E-state index < -0.39 is 5.97 Å². The molecule has 0 aromatic heterocycles. The first-order chi connectivity index (χ1) is 8.66. The first-order valence-corrected chi connectivity index (χ1v) is 5.79. The lowest BCUT2D eigenvalue weighted by Gasteiger charge is -2.12. The zero-order valence-electron chi connectivity index (χ0n) is 9.91. The van der Waals surface area contributed by atoms with Crippen molar-refractivity contribution in [2.45, 2.75) is 12.5 Å². The summed E-state index contributed by atoms with van der Waals surface area (Å²) in [6.07, 6.45) is 0.743. The number of benzene rings is 2. The molecule has 1 atom stereocenters. The largest absolute Gasteiger partial charge is 0.478 e. The maximum Gasteiger partial charge on any atom is 0.335 e. The molecule has 0 spiro atoms. The fraction of sp³-hybridized carbons (Fsp3) is 0.133. The average Bonchev–Trinajstić information content (AvgIpc) is 2.40. The Bertz CT molecular complexity index is 520. The Morgan fingerprint density at radius 1 is 1.06 bits per heavy atom. The van der Waals surface area contributed by atoms with E-state index in [2.05, 4.69) is 0 Å². The first kappa shape index (κ1) is 12.3. The molecule has 0 saturated heterocycles. The Kier molecular flexibility index (Phi) is 3.75. The fourth-order valence-electron chi connectivity index (χ4n) is 1.86. The van der Waals surface area contributed by atoms with Crippen LogP contribution in [0, 0.1) is 0 Å². The molecule has 3 heteroatoms. The normalized spacial score (nSPS) is 12.1. The van der Waals surface area contributed by atoms with Gasteiger partial charge in [0.25, 0.3) is 0 Å². The van der Waals surface area contributed by atoms with Crippen LogP contribution in [0.3, 0.4) is 0 Å². The number of carbonyl (C=O) groups is 1. The smallest absolute Gasteiger partial charge is 0.335 e. The van der Waals surface area contributed by atoms with Crippen molar-refractivity contribution in [3.8, 4) is 0 Å². The van der Waals surface area contributed by atoms with E-state index >= 15 is 0 Å². The lowest BCUT2D eigenvalue weighted by molar-refractivity contribution is 0.0697. The third-order valence-electron chi connectivity index (χ3n) is 2.88. The highest BCUT2D eigenvalue weighted by atomic mass is 16.4. The molecule has 2 aromatic carbocycles. The molecular formula is C15H15NO2.